The van der Waals surface area contributed by atoms with Gasteiger partial charge in [0, 0.05) is 36.6 Å². The van der Waals surface area contributed by atoms with Crippen molar-refractivity contribution in [1.82, 2.24) is 9.80 Å². The highest BCUT2D eigenvalue weighted by atomic mass is 32.1. The number of benzene rings is 2. The van der Waals surface area contributed by atoms with Crippen molar-refractivity contribution < 1.29 is 23.9 Å². The molecule has 29 heavy (non-hydrogen) atoms. The third-order valence-electron chi connectivity index (χ3n) is 4.55. The molecule has 1 heterocycles. The van der Waals surface area contributed by atoms with E-state index in [-0.39, 0.29) is 18.4 Å². The van der Waals surface area contributed by atoms with E-state index in [0.717, 1.165) is 0 Å². The van der Waals surface area contributed by atoms with E-state index in [2.05, 4.69) is 12.6 Å². The van der Waals surface area contributed by atoms with Gasteiger partial charge in [0.1, 0.15) is 5.75 Å². The molecule has 1 aliphatic rings. The van der Waals surface area contributed by atoms with E-state index in [9.17, 15) is 14.4 Å². The number of rotatable bonds is 4. The van der Waals surface area contributed by atoms with Gasteiger partial charge in [-0.25, -0.2) is 4.79 Å². The molecule has 0 spiro atoms. The Hall–Kier alpha value is -3.00. The lowest BCUT2D eigenvalue weighted by Crippen LogP contribution is -2.50. The van der Waals surface area contributed by atoms with Crippen molar-refractivity contribution in [2.45, 2.75) is 11.8 Å². The Balaban J connectivity index is 1.56. The topological polar surface area (TPSA) is 76.2 Å². The first kappa shape index (κ1) is 20.7. The first-order valence-electron chi connectivity index (χ1n) is 9.30. The molecule has 0 atom stereocenters. The minimum absolute atomic E-state index is 0.0804. The highest BCUT2D eigenvalue weighted by Gasteiger charge is 2.26. The zero-order valence-electron chi connectivity index (χ0n) is 16.0. The lowest BCUT2D eigenvalue weighted by molar-refractivity contribution is 0.0533. The normalized spacial score (nSPS) is 13.7. The van der Waals surface area contributed by atoms with Crippen molar-refractivity contribution in [3.8, 4) is 5.75 Å². The molecule has 0 saturated carbocycles. The average molecular weight is 414 g/mol. The van der Waals surface area contributed by atoms with Crippen LogP contribution in [0.15, 0.2) is 53.4 Å². The van der Waals surface area contributed by atoms with E-state index in [1.165, 1.54) is 0 Å². The second-order valence-electron chi connectivity index (χ2n) is 6.41. The maximum absolute atomic E-state index is 12.7. The fraction of sp³-hybridized carbons (Fsp3) is 0.286. The van der Waals surface area contributed by atoms with Gasteiger partial charge in [0.2, 0.25) is 0 Å². The molecule has 8 heteroatoms. The lowest BCUT2D eigenvalue weighted by Gasteiger charge is -2.35. The van der Waals surface area contributed by atoms with Crippen molar-refractivity contribution in [3.05, 3.63) is 59.7 Å². The Kier molecular flexibility index (Phi) is 6.77. The SMILES string of the molecule is CCOC(=O)Oc1ccc(C(=O)N2CCN(C(=O)c3ccccc3S)CC2)cc1. The van der Waals surface area contributed by atoms with Crippen LogP contribution in [0.1, 0.15) is 27.6 Å². The Labute approximate surface area is 174 Å². The largest absolute Gasteiger partial charge is 0.513 e. The molecule has 1 aliphatic heterocycles. The van der Waals surface area contributed by atoms with Crippen LogP contribution in [0.3, 0.4) is 0 Å². The number of thiol groups is 1. The number of nitrogens with zero attached hydrogens (tertiary/aromatic N) is 2. The van der Waals surface area contributed by atoms with Gasteiger partial charge in [0.15, 0.2) is 0 Å². The monoisotopic (exact) mass is 414 g/mol. The van der Waals surface area contributed by atoms with Crippen LogP contribution >= 0.6 is 12.6 Å². The van der Waals surface area contributed by atoms with Gasteiger partial charge < -0.3 is 19.3 Å². The van der Waals surface area contributed by atoms with E-state index in [1.54, 1.807) is 53.1 Å². The van der Waals surface area contributed by atoms with Crippen molar-refractivity contribution in [2.24, 2.45) is 0 Å². The van der Waals surface area contributed by atoms with E-state index >= 15 is 0 Å². The summed E-state index contributed by atoms with van der Waals surface area (Å²) in [5.74, 6) is 0.0957. The highest BCUT2D eigenvalue weighted by molar-refractivity contribution is 7.80. The molecule has 7 nitrogen and oxygen atoms in total. The molecule has 0 unspecified atom stereocenters. The molecule has 152 valence electrons. The molecule has 0 radical (unpaired) electrons. The van der Waals surface area contributed by atoms with Crippen LogP contribution in [0.2, 0.25) is 0 Å². The fourth-order valence-corrected chi connectivity index (χ4v) is 3.29. The van der Waals surface area contributed by atoms with Gasteiger partial charge in [0.25, 0.3) is 11.8 Å². The quantitative estimate of drug-likeness (QED) is 0.473. The maximum atomic E-state index is 12.7. The first-order chi connectivity index (χ1) is 14.0. The smallest absolute Gasteiger partial charge is 0.434 e. The molecule has 1 saturated heterocycles. The third-order valence-corrected chi connectivity index (χ3v) is 4.94. The molecule has 3 rings (SSSR count). The molecule has 2 aromatic rings. The van der Waals surface area contributed by atoms with Crippen molar-refractivity contribution in [2.75, 3.05) is 32.8 Å². The summed E-state index contributed by atoms with van der Waals surface area (Å²) in [6.07, 6.45) is -0.782. The zero-order chi connectivity index (χ0) is 20.8. The number of piperazine rings is 1. The predicted molar refractivity (Wildman–Crippen MR) is 110 cm³/mol. The Morgan fingerprint density at radius 2 is 1.48 bits per heavy atom. The Morgan fingerprint density at radius 1 is 0.897 bits per heavy atom. The van der Waals surface area contributed by atoms with Crippen LogP contribution in [0.25, 0.3) is 0 Å². The standard InChI is InChI=1S/C21H22N2O5S/c1-2-27-21(26)28-16-9-7-15(8-10-16)19(24)22-11-13-23(14-12-22)20(25)17-5-3-4-6-18(17)29/h3-10,29H,2,11-14H2,1H3. The zero-order valence-corrected chi connectivity index (χ0v) is 16.9. The van der Waals surface area contributed by atoms with Crippen molar-refractivity contribution >= 4 is 30.6 Å². The molecule has 0 bridgehead atoms. The second kappa shape index (κ2) is 9.47. The molecule has 0 N–H and O–H groups in total. The molecular weight excluding hydrogens is 392 g/mol. The van der Waals surface area contributed by atoms with Crippen LogP contribution in [0, 0.1) is 0 Å². The third kappa shape index (κ3) is 5.08. The first-order valence-corrected chi connectivity index (χ1v) is 9.75. The highest BCUT2D eigenvalue weighted by Crippen LogP contribution is 2.18. The number of amides is 2. The van der Waals surface area contributed by atoms with Crippen LogP contribution < -0.4 is 4.74 Å². The lowest BCUT2D eigenvalue weighted by atomic mass is 10.1. The summed E-state index contributed by atoms with van der Waals surface area (Å²) >= 11 is 4.34. The summed E-state index contributed by atoms with van der Waals surface area (Å²) in [4.78, 5) is 40.8. The second-order valence-corrected chi connectivity index (χ2v) is 6.89. The fourth-order valence-electron chi connectivity index (χ4n) is 3.03. The van der Waals surface area contributed by atoms with E-state index < -0.39 is 6.16 Å². The summed E-state index contributed by atoms with van der Waals surface area (Å²) in [5, 5.41) is 0. The molecular formula is C21H22N2O5S. The minimum atomic E-state index is -0.782. The summed E-state index contributed by atoms with van der Waals surface area (Å²) in [6.45, 7) is 3.71. The van der Waals surface area contributed by atoms with Crippen LogP contribution in [-0.2, 0) is 4.74 Å². The number of carbonyl (C=O) groups is 3. The summed E-state index contributed by atoms with van der Waals surface area (Å²) < 4.78 is 9.70. The molecule has 2 amide bonds. The summed E-state index contributed by atoms with van der Waals surface area (Å²) in [6, 6.07) is 13.5. The summed E-state index contributed by atoms with van der Waals surface area (Å²) in [7, 11) is 0. The van der Waals surface area contributed by atoms with Crippen LogP contribution in [-0.4, -0.2) is 60.6 Å². The predicted octanol–water partition coefficient (Wildman–Crippen LogP) is 3.11. The maximum Gasteiger partial charge on any atom is 0.513 e. The van der Waals surface area contributed by atoms with Crippen LogP contribution in [0.4, 0.5) is 4.79 Å². The molecule has 0 aliphatic carbocycles. The van der Waals surface area contributed by atoms with E-state index in [4.69, 9.17) is 9.47 Å². The minimum Gasteiger partial charge on any atom is -0.434 e. The molecule has 1 fully saturated rings. The summed E-state index contributed by atoms with van der Waals surface area (Å²) in [5.41, 5.74) is 1.05. The molecule has 2 aromatic carbocycles. The average Bonchev–Trinajstić information content (AvgIpc) is 2.74. The van der Waals surface area contributed by atoms with Gasteiger partial charge in [-0.1, -0.05) is 12.1 Å². The number of ether oxygens (including phenoxy) is 2. The van der Waals surface area contributed by atoms with Gasteiger partial charge in [-0.15, -0.1) is 12.6 Å². The van der Waals surface area contributed by atoms with Gasteiger partial charge in [-0.05, 0) is 43.3 Å². The Morgan fingerprint density at radius 3 is 2.07 bits per heavy atom. The van der Waals surface area contributed by atoms with Crippen molar-refractivity contribution in [1.29, 1.82) is 0 Å². The van der Waals surface area contributed by atoms with Crippen LogP contribution in [0.5, 0.6) is 5.75 Å². The van der Waals surface area contributed by atoms with E-state index in [0.29, 0.717) is 48.0 Å². The number of hydrogen-bond donors (Lipinski definition) is 1. The van der Waals surface area contributed by atoms with E-state index in [1.807, 2.05) is 12.1 Å². The molecule has 0 aromatic heterocycles. The number of hydrogen-bond acceptors (Lipinski definition) is 6. The van der Waals surface area contributed by atoms with Gasteiger partial charge in [-0.2, -0.15) is 0 Å². The van der Waals surface area contributed by atoms with Gasteiger partial charge in [-0.3, -0.25) is 9.59 Å². The number of carbonyl (C=O) groups excluding carboxylic acids is 3. The van der Waals surface area contributed by atoms with Gasteiger partial charge in [0.05, 0.1) is 12.2 Å². The van der Waals surface area contributed by atoms with Gasteiger partial charge >= 0.3 is 6.16 Å². The Bertz CT molecular complexity index is 892. The van der Waals surface area contributed by atoms with Crippen molar-refractivity contribution in [3.63, 3.8) is 0 Å².